The minimum Gasteiger partial charge on any atom is -0.399 e. The number of nitrogens with zero attached hydrogens (tertiary/aromatic N) is 2. The molecule has 0 radical (unpaired) electrons. The number of carbonyl (C=O) groups excluding carboxylic acids is 1. The van der Waals surface area contributed by atoms with Crippen molar-refractivity contribution in [2.75, 3.05) is 26.8 Å². The van der Waals surface area contributed by atoms with Gasteiger partial charge in [-0.2, -0.15) is 0 Å². The van der Waals surface area contributed by atoms with E-state index in [1.807, 2.05) is 0 Å². The zero-order chi connectivity index (χ0) is 21.6. The van der Waals surface area contributed by atoms with Gasteiger partial charge in [0.05, 0.1) is 11.4 Å². The molecule has 0 aromatic heterocycles. The predicted octanol–water partition coefficient (Wildman–Crippen LogP) is 2.92. The summed E-state index contributed by atoms with van der Waals surface area (Å²) in [5.74, 6) is 1.82. The van der Waals surface area contributed by atoms with Crippen LogP contribution in [0.1, 0.15) is 64.7 Å². The SMILES string of the molecule is CO/N=C1\CC2C(CC[C@]3(C)C(=O)CCC23)[C@@]2(CO)CC/C(=N\OC3CCNC3)CC12. The van der Waals surface area contributed by atoms with Gasteiger partial charge >= 0.3 is 0 Å². The molecule has 5 fully saturated rings. The first kappa shape index (κ1) is 21.4. The average Bonchev–Trinajstić information content (AvgIpc) is 3.40. The van der Waals surface area contributed by atoms with Crippen LogP contribution < -0.4 is 5.32 Å². The van der Waals surface area contributed by atoms with Crippen LogP contribution in [0.15, 0.2) is 10.3 Å². The molecule has 5 unspecified atom stereocenters. The fraction of sp³-hybridized carbons (Fsp3) is 0.875. The summed E-state index contributed by atoms with van der Waals surface area (Å²) in [6.45, 7) is 4.20. The first-order valence-corrected chi connectivity index (χ1v) is 12.2. The van der Waals surface area contributed by atoms with Crippen LogP contribution in [0.3, 0.4) is 0 Å². The van der Waals surface area contributed by atoms with Gasteiger partial charge in [0.2, 0.25) is 0 Å². The number of ketones is 1. The summed E-state index contributed by atoms with van der Waals surface area (Å²) in [4.78, 5) is 23.9. The van der Waals surface area contributed by atoms with Crippen LogP contribution in [0.4, 0.5) is 0 Å². The van der Waals surface area contributed by atoms with Gasteiger partial charge in [0.1, 0.15) is 19.0 Å². The number of aliphatic hydroxyl groups excluding tert-OH is 1. The van der Waals surface area contributed by atoms with Gasteiger partial charge in [-0.15, -0.1) is 0 Å². The zero-order valence-corrected chi connectivity index (χ0v) is 18.9. The van der Waals surface area contributed by atoms with Crippen LogP contribution in [-0.4, -0.2) is 55.2 Å². The Bertz CT molecular complexity index is 777. The summed E-state index contributed by atoms with van der Waals surface area (Å²) in [7, 11) is 1.61. The summed E-state index contributed by atoms with van der Waals surface area (Å²) in [6.07, 6.45) is 8.27. The normalized spacial score (nSPS) is 47.2. The number of hydrogen-bond donors (Lipinski definition) is 2. The summed E-state index contributed by atoms with van der Waals surface area (Å²) < 4.78 is 0. The number of aliphatic hydroxyl groups is 1. The monoisotopic (exact) mass is 431 g/mol. The molecular formula is C24H37N3O4. The zero-order valence-electron chi connectivity index (χ0n) is 18.9. The molecule has 7 nitrogen and oxygen atoms in total. The highest BCUT2D eigenvalue weighted by atomic mass is 16.6. The van der Waals surface area contributed by atoms with E-state index in [9.17, 15) is 9.90 Å². The Kier molecular flexibility index (Phi) is 5.62. The second-order valence-corrected chi connectivity index (χ2v) is 10.8. The molecule has 31 heavy (non-hydrogen) atoms. The van der Waals surface area contributed by atoms with Crippen LogP contribution in [0.25, 0.3) is 0 Å². The molecule has 7 heteroatoms. The van der Waals surface area contributed by atoms with E-state index in [1.165, 1.54) is 0 Å². The third kappa shape index (κ3) is 3.34. The molecule has 0 bridgehead atoms. The molecule has 0 aromatic carbocycles. The lowest BCUT2D eigenvalue weighted by atomic mass is 9.44. The molecule has 1 saturated heterocycles. The lowest BCUT2D eigenvalue weighted by molar-refractivity contribution is -0.135. The molecule has 5 rings (SSSR count). The first-order valence-electron chi connectivity index (χ1n) is 12.2. The van der Waals surface area contributed by atoms with E-state index < -0.39 is 0 Å². The third-order valence-corrected chi connectivity index (χ3v) is 9.59. The number of fused-ring (bicyclic) bond motifs is 5. The van der Waals surface area contributed by atoms with E-state index in [-0.39, 0.29) is 29.5 Å². The van der Waals surface area contributed by atoms with Gasteiger partial charge in [0.25, 0.3) is 0 Å². The number of oxime groups is 2. The Morgan fingerprint density at radius 2 is 2.00 bits per heavy atom. The first-order chi connectivity index (χ1) is 15.0. The van der Waals surface area contributed by atoms with Crippen LogP contribution in [0, 0.1) is 34.5 Å². The number of hydrogen-bond acceptors (Lipinski definition) is 7. The number of rotatable bonds is 4. The van der Waals surface area contributed by atoms with E-state index in [0.717, 1.165) is 75.9 Å². The maximum atomic E-state index is 12.7. The van der Waals surface area contributed by atoms with E-state index in [4.69, 9.17) is 9.68 Å². The van der Waals surface area contributed by atoms with Gasteiger partial charge < -0.3 is 20.1 Å². The van der Waals surface area contributed by atoms with Crippen LogP contribution in [0.2, 0.25) is 0 Å². The highest BCUT2D eigenvalue weighted by Crippen LogP contribution is 2.64. The van der Waals surface area contributed by atoms with Crippen LogP contribution >= 0.6 is 0 Å². The van der Waals surface area contributed by atoms with Gasteiger partial charge in [-0.05, 0) is 69.2 Å². The Morgan fingerprint density at radius 3 is 2.74 bits per heavy atom. The van der Waals surface area contributed by atoms with Crippen molar-refractivity contribution < 1.29 is 19.6 Å². The van der Waals surface area contributed by atoms with E-state index in [2.05, 4.69) is 22.6 Å². The Labute approximate surface area is 185 Å². The van der Waals surface area contributed by atoms with E-state index in [0.29, 0.717) is 30.0 Å². The largest absolute Gasteiger partial charge is 0.399 e. The molecule has 1 aliphatic heterocycles. The summed E-state index contributed by atoms with van der Waals surface area (Å²) in [6, 6.07) is 0. The molecule has 1 heterocycles. The highest BCUT2D eigenvalue weighted by Gasteiger charge is 2.63. The van der Waals surface area contributed by atoms with Crippen LogP contribution in [-0.2, 0) is 14.5 Å². The third-order valence-electron chi connectivity index (χ3n) is 9.59. The van der Waals surface area contributed by atoms with Crippen molar-refractivity contribution in [3.63, 3.8) is 0 Å². The number of carbonyl (C=O) groups is 1. The quantitative estimate of drug-likeness (QED) is 0.668. The molecule has 0 amide bonds. The van der Waals surface area contributed by atoms with E-state index in [1.54, 1.807) is 7.11 Å². The molecule has 4 aliphatic carbocycles. The Morgan fingerprint density at radius 1 is 1.13 bits per heavy atom. The lowest BCUT2D eigenvalue weighted by Gasteiger charge is -2.60. The predicted molar refractivity (Wildman–Crippen MR) is 118 cm³/mol. The molecular weight excluding hydrogens is 394 g/mol. The smallest absolute Gasteiger partial charge is 0.141 e. The van der Waals surface area contributed by atoms with Crippen LogP contribution in [0.5, 0.6) is 0 Å². The number of nitrogens with one attached hydrogen (secondary N) is 1. The molecule has 7 atom stereocenters. The van der Waals surface area contributed by atoms with Crippen molar-refractivity contribution in [1.82, 2.24) is 5.32 Å². The maximum absolute atomic E-state index is 12.7. The minimum absolute atomic E-state index is 0.137. The standard InChI is InChI=1S/C24H37N3O4/c1-23-8-6-19-17(18(23)3-4-22(23)29)12-21(27-30-2)20-11-15(5-9-24(19,20)14-28)26-31-16-7-10-25-13-16/h16-20,25,28H,3-14H2,1-2H3/b26-15+,27-21+/t16?,17?,18?,19?,20?,23-,24-/m0/s1. The maximum Gasteiger partial charge on any atom is 0.141 e. The fourth-order valence-electron chi connectivity index (χ4n) is 7.90. The van der Waals surface area contributed by atoms with Gasteiger partial charge in [-0.1, -0.05) is 17.2 Å². The summed E-state index contributed by atoms with van der Waals surface area (Å²) in [5.41, 5.74) is 1.75. The Hall–Kier alpha value is -1.47. The number of Topliss-reactive ketones (excluding diaryl/α,β-unsaturated/α-hetero) is 1. The molecule has 5 aliphatic rings. The highest BCUT2D eigenvalue weighted by molar-refractivity contribution is 5.96. The van der Waals surface area contributed by atoms with Crippen molar-refractivity contribution >= 4 is 17.2 Å². The Balaban J connectivity index is 1.43. The average molecular weight is 432 g/mol. The lowest BCUT2D eigenvalue weighted by Crippen LogP contribution is -2.59. The fourth-order valence-corrected chi connectivity index (χ4v) is 7.90. The van der Waals surface area contributed by atoms with Crippen molar-refractivity contribution in [2.45, 2.75) is 70.8 Å². The molecule has 2 N–H and O–H groups in total. The van der Waals surface area contributed by atoms with Crippen molar-refractivity contribution in [3.05, 3.63) is 0 Å². The molecule has 172 valence electrons. The topological polar surface area (TPSA) is 92.5 Å². The summed E-state index contributed by atoms with van der Waals surface area (Å²) in [5, 5.41) is 23.2. The van der Waals surface area contributed by atoms with Crippen molar-refractivity contribution in [1.29, 1.82) is 0 Å². The second-order valence-electron chi connectivity index (χ2n) is 10.8. The van der Waals surface area contributed by atoms with Gasteiger partial charge in [-0.3, -0.25) is 4.79 Å². The molecule has 0 spiro atoms. The van der Waals surface area contributed by atoms with Gasteiger partial charge in [0.15, 0.2) is 0 Å². The minimum atomic E-state index is -0.193. The van der Waals surface area contributed by atoms with Crippen molar-refractivity contribution in [2.24, 2.45) is 44.8 Å². The van der Waals surface area contributed by atoms with Crippen molar-refractivity contribution in [3.8, 4) is 0 Å². The summed E-state index contributed by atoms with van der Waals surface area (Å²) >= 11 is 0. The molecule has 4 saturated carbocycles. The van der Waals surface area contributed by atoms with E-state index >= 15 is 0 Å². The molecule has 0 aromatic rings. The van der Waals surface area contributed by atoms with Gasteiger partial charge in [-0.25, -0.2) is 0 Å². The van der Waals surface area contributed by atoms with Gasteiger partial charge in [0, 0.05) is 42.7 Å². The second kappa shape index (κ2) is 8.14.